The SMILES string of the molecule is COc1cc(C#N)ccc1OCCCC(=O)Nc1cccc(OCCC(N)=O)c1. The molecule has 0 radical (unpaired) electrons. The first-order chi connectivity index (χ1) is 14.0. The van der Waals surface area contributed by atoms with E-state index in [0.717, 1.165) is 0 Å². The minimum atomic E-state index is -0.435. The number of nitriles is 1. The third-order valence-corrected chi connectivity index (χ3v) is 3.83. The van der Waals surface area contributed by atoms with Crippen LogP contribution in [-0.4, -0.2) is 32.1 Å². The number of primary amides is 1. The molecule has 3 N–H and O–H groups in total. The zero-order chi connectivity index (χ0) is 21.1. The predicted octanol–water partition coefficient (Wildman–Crippen LogP) is 2.62. The van der Waals surface area contributed by atoms with Crippen LogP contribution in [0.5, 0.6) is 17.2 Å². The fourth-order valence-corrected chi connectivity index (χ4v) is 2.43. The first-order valence-corrected chi connectivity index (χ1v) is 9.04. The van der Waals surface area contributed by atoms with Crippen LogP contribution in [0.1, 0.15) is 24.8 Å². The van der Waals surface area contributed by atoms with Crippen molar-refractivity contribution in [2.24, 2.45) is 5.73 Å². The molecular weight excluding hydrogens is 374 g/mol. The molecule has 0 aliphatic heterocycles. The fraction of sp³-hybridized carbons (Fsp3) is 0.286. The Kier molecular flexibility index (Phi) is 8.32. The van der Waals surface area contributed by atoms with Crippen molar-refractivity contribution in [1.29, 1.82) is 5.26 Å². The van der Waals surface area contributed by atoms with Gasteiger partial charge in [0.2, 0.25) is 11.8 Å². The van der Waals surface area contributed by atoms with Gasteiger partial charge in [-0.05, 0) is 30.7 Å². The van der Waals surface area contributed by atoms with E-state index in [-0.39, 0.29) is 25.4 Å². The van der Waals surface area contributed by atoms with Crippen molar-refractivity contribution in [3.63, 3.8) is 0 Å². The molecular formula is C21H23N3O5. The number of carbonyl (C=O) groups excluding carboxylic acids is 2. The van der Waals surface area contributed by atoms with E-state index in [2.05, 4.69) is 5.32 Å². The highest BCUT2D eigenvalue weighted by Crippen LogP contribution is 2.28. The topological polar surface area (TPSA) is 124 Å². The van der Waals surface area contributed by atoms with Crippen LogP contribution in [0.3, 0.4) is 0 Å². The minimum absolute atomic E-state index is 0.126. The number of rotatable bonds is 11. The second kappa shape index (κ2) is 11.2. The highest BCUT2D eigenvalue weighted by atomic mass is 16.5. The Morgan fingerprint density at radius 3 is 2.62 bits per heavy atom. The maximum absolute atomic E-state index is 12.1. The number of benzene rings is 2. The molecule has 0 atom stereocenters. The van der Waals surface area contributed by atoms with E-state index in [9.17, 15) is 9.59 Å². The second-order valence-electron chi connectivity index (χ2n) is 6.07. The quantitative estimate of drug-likeness (QED) is 0.562. The van der Waals surface area contributed by atoms with Gasteiger partial charge in [-0.2, -0.15) is 5.26 Å². The summed E-state index contributed by atoms with van der Waals surface area (Å²) in [5.74, 6) is 0.944. The number of nitrogens with one attached hydrogen (secondary N) is 1. The van der Waals surface area contributed by atoms with E-state index in [4.69, 9.17) is 25.2 Å². The maximum Gasteiger partial charge on any atom is 0.224 e. The number of amides is 2. The van der Waals surface area contributed by atoms with Gasteiger partial charge in [0.25, 0.3) is 0 Å². The average molecular weight is 397 g/mol. The van der Waals surface area contributed by atoms with Crippen LogP contribution in [0.4, 0.5) is 5.69 Å². The Morgan fingerprint density at radius 2 is 1.90 bits per heavy atom. The molecule has 0 spiro atoms. The molecule has 0 aliphatic rings. The molecule has 8 heteroatoms. The summed E-state index contributed by atoms with van der Waals surface area (Å²) in [6.45, 7) is 0.509. The van der Waals surface area contributed by atoms with Gasteiger partial charge in [-0.3, -0.25) is 9.59 Å². The van der Waals surface area contributed by atoms with Gasteiger partial charge in [-0.25, -0.2) is 0 Å². The lowest BCUT2D eigenvalue weighted by Gasteiger charge is -2.11. The first-order valence-electron chi connectivity index (χ1n) is 9.04. The summed E-state index contributed by atoms with van der Waals surface area (Å²) in [5, 5.41) is 11.7. The number of methoxy groups -OCH3 is 1. The number of nitrogens with zero attached hydrogens (tertiary/aromatic N) is 1. The van der Waals surface area contributed by atoms with Crippen LogP contribution in [0.2, 0.25) is 0 Å². The Bertz CT molecular complexity index is 892. The Balaban J connectivity index is 1.76. The Morgan fingerprint density at radius 1 is 1.07 bits per heavy atom. The lowest BCUT2D eigenvalue weighted by atomic mass is 10.2. The van der Waals surface area contributed by atoms with Gasteiger partial charge in [0, 0.05) is 24.2 Å². The molecule has 0 bridgehead atoms. The molecule has 0 aromatic heterocycles. The summed E-state index contributed by atoms with van der Waals surface area (Å²) in [5.41, 5.74) is 6.15. The molecule has 2 aromatic carbocycles. The largest absolute Gasteiger partial charge is 0.493 e. The van der Waals surface area contributed by atoms with E-state index < -0.39 is 5.91 Å². The van der Waals surface area contributed by atoms with Gasteiger partial charge < -0.3 is 25.3 Å². The number of carbonyl (C=O) groups is 2. The van der Waals surface area contributed by atoms with Crippen molar-refractivity contribution in [2.75, 3.05) is 25.6 Å². The summed E-state index contributed by atoms with van der Waals surface area (Å²) < 4.78 is 16.3. The molecule has 29 heavy (non-hydrogen) atoms. The molecule has 2 aromatic rings. The second-order valence-corrected chi connectivity index (χ2v) is 6.07. The number of anilines is 1. The third kappa shape index (κ3) is 7.42. The van der Waals surface area contributed by atoms with Crippen LogP contribution in [0, 0.1) is 11.3 Å². The van der Waals surface area contributed by atoms with Crippen molar-refractivity contribution in [1.82, 2.24) is 0 Å². The van der Waals surface area contributed by atoms with Crippen LogP contribution < -0.4 is 25.3 Å². The summed E-state index contributed by atoms with van der Waals surface area (Å²) in [4.78, 5) is 22.9. The van der Waals surface area contributed by atoms with E-state index in [1.54, 1.807) is 42.5 Å². The van der Waals surface area contributed by atoms with Gasteiger partial charge in [0.1, 0.15) is 5.75 Å². The zero-order valence-electron chi connectivity index (χ0n) is 16.1. The molecule has 2 amide bonds. The number of nitrogens with two attached hydrogens (primary N) is 1. The highest BCUT2D eigenvalue weighted by Gasteiger charge is 2.08. The van der Waals surface area contributed by atoms with Crippen molar-refractivity contribution in [3.05, 3.63) is 48.0 Å². The molecule has 152 valence electrons. The lowest BCUT2D eigenvalue weighted by molar-refractivity contribution is -0.118. The standard InChI is InChI=1S/C21H23N3O5/c1-27-19-12-15(14-22)7-8-18(19)29-10-3-6-21(26)24-16-4-2-5-17(13-16)28-11-9-20(23)25/h2,4-5,7-8,12-13H,3,6,9-11H2,1H3,(H2,23,25)(H,24,26). The monoisotopic (exact) mass is 397 g/mol. The highest BCUT2D eigenvalue weighted by molar-refractivity contribution is 5.90. The van der Waals surface area contributed by atoms with Gasteiger partial charge in [-0.15, -0.1) is 0 Å². The van der Waals surface area contributed by atoms with Crippen LogP contribution >= 0.6 is 0 Å². The predicted molar refractivity (Wildman–Crippen MR) is 107 cm³/mol. The van der Waals surface area contributed by atoms with E-state index >= 15 is 0 Å². The fourth-order valence-electron chi connectivity index (χ4n) is 2.43. The molecule has 0 fully saturated rings. The Hall–Kier alpha value is -3.73. The smallest absolute Gasteiger partial charge is 0.224 e. The number of hydrogen-bond acceptors (Lipinski definition) is 6. The third-order valence-electron chi connectivity index (χ3n) is 3.83. The average Bonchev–Trinajstić information content (AvgIpc) is 2.71. The number of hydrogen-bond donors (Lipinski definition) is 2. The Labute approximate surface area is 169 Å². The van der Waals surface area contributed by atoms with Gasteiger partial charge in [0.15, 0.2) is 11.5 Å². The summed E-state index contributed by atoms with van der Waals surface area (Å²) in [7, 11) is 1.50. The molecule has 0 saturated heterocycles. The lowest BCUT2D eigenvalue weighted by Crippen LogP contribution is -2.15. The minimum Gasteiger partial charge on any atom is -0.493 e. The van der Waals surface area contributed by atoms with E-state index in [1.165, 1.54) is 7.11 Å². The molecule has 0 saturated carbocycles. The van der Waals surface area contributed by atoms with Crippen molar-refractivity contribution < 1.29 is 23.8 Å². The number of ether oxygens (including phenoxy) is 3. The van der Waals surface area contributed by atoms with E-state index in [0.29, 0.717) is 41.5 Å². The molecule has 0 heterocycles. The van der Waals surface area contributed by atoms with Crippen LogP contribution in [0.25, 0.3) is 0 Å². The van der Waals surface area contributed by atoms with Gasteiger partial charge >= 0.3 is 0 Å². The molecule has 2 rings (SSSR count). The van der Waals surface area contributed by atoms with Crippen molar-refractivity contribution >= 4 is 17.5 Å². The molecule has 0 unspecified atom stereocenters. The van der Waals surface area contributed by atoms with Gasteiger partial charge in [0.05, 0.1) is 38.4 Å². The molecule has 8 nitrogen and oxygen atoms in total. The van der Waals surface area contributed by atoms with Crippen molar-refractivity contribution in [3.8, 4) is 23.3 Å². The first kappa shape index (κ1) is 21.6. The summed E-state index contributed by atoms with van der Waals surface area (Å²) in [6.07, 6.45) is 0.899. The normalized spacial score (nSPS) is 9.93. The zero-order valence-corrected chi connectivity index (χ0v) is 16.1. The van der Waals surface area contributed by atoms with E-state index in [1.807, 2.05) is 6.07 Å². The van der Waals surface area contributed by atoms with Crippen LogP contribution in [-0.2, 0) is 9.59 Å². The molecule has 0 aliphatic carbocycles. The van der Waals surface area contributed by atoms with Gasteiger partial charge in [-0.1, -0.05) is 6.07 Å². The summed E-state index contributed by atoms with van der Waals surface area (Å²) >= 11 is 0. The van der Waals surface area contributed by atoms with Crippen molar-refractivity contribution in [2.45, 2.75) is 19.3 Å². The maximum atomic E-state index is 12.1. The van der Waals surface area contributed by atoms with Crippen LogP contribution in [0.15, 0.2) is 42.5 Å². The summed E-state index contributed by atoms with van der Waals surface area (Å²) in [6, 6.07) is 13.8.